The Bertz CT molecular complexity index is 1240. The van der Waals surface area contributed by atoms with Gasteiger partial charge in [-0.15, -0.1) is 0 Å². The molecule has 2 fully saturated rings. The van der Waals surface area contributed by atoms with E-state index in [1.54, 1.807) is 4.90 Å². The van der Waals surface area contributed by atoms with E-state index in [4.69, 9.17) is 9.72 Å². The van der Waals surface area contributed by atoms with Crippen LogP contribution in [0.2, 0.25) is 0 Å². The maximum absolute atomic E-state index is 14.9. The van der Waals surface area contributed by atoms with Gasteiger partial charge in [0.2, 0.25) is 0 Å². The molecule has 1 aliphatic carbocycles. The summed E-state index contributed by atoms with van der Waals surface area (Å²) in [5, 5.41) is 13.6. The first-order chi connectivity index (χ1) is 19.7. The molecule has 0 amide bonds. The van der Waals surface area contributed by atoms with Crippen molar-refractivity contribution in [1.29, 1.82) is 0 Å². The van der Waals surface area contributed by atoms with E-state index in [1.165, 1.54) is 12.7 Å². The largest absolute Gasteiger partial charge is 0.493 e. The van der Waals surface area contributed by atoms with Crippen LogP contribution in [0.5, 0.6) is 5.75 Å². The molecule has 2 aliphatic heterocycles. The van der Waals surface area contributed by atoms with Crippen molar-refractivity contribution in [2.24, 2.45) is 5.92 Å². The Morgan fingerprint density at radius 3 is 2.78 bits per heavy atom. The molecule has 1 aromatic heterocycles. The van der Waals surface area contributed by atoms with Gasteiger partial charge in [0.15, 0.2) is 11.6 Å². The van der Waals surface area contributed by atoms with E-state index in [9.17, 15) is 23.1 Å². The fourth-order valence-corrected chi connectivity index (χ4v) is 6.29. The number of aromatic nitrogens is 1. The molecule has 0 bridgehead atoms. The second-order valence-corrected chi connectivity index (χ2v) is 11.8. The van der Waals surface area contributed by atoms with Gasteiger partial charge in [0, 0.05) is 48.4 Å². The molecule has 1 saturated heterocycles. The summed E-state index contributed by atoms with van der Waals surface area (Å²) in [6.07, 6.45) is 7.78. The predicted molar refractivity (Wildman–Crippen MR) is 151 cm³/mol. The van der Waals surface area contributed by atoms with E-state index < -0.39 is 35.2 Å². The lowest BCUT2D eigenvalue weighted by molar-refractivity contribution is -0.143. The van der Waals surface area contributed by atoms with Gasteiger partial charge in [-0.05, 0) is 88.7 Å². The molecule has 0 radical (unpaired) electrons. The Labute approximate surface area is 240 Å². The minimum absolute atomic E-state index is 0.0513. The molecule has 10 heteroatoms. The van der Waals surface area contributed by atoms with Crippen LogP contribution in [-0.2, 0) is 23.6 Å². The van der Waals surface area contributed by atoms with Crippen molar-refractivity contribution < 1.29 is 27.8 Å². The fourth-order valence-electron chi connectivity index (χ4n) is 6.29. The summed E-state index contributed by atoms with van der Waals surface area (Å²) in [6, 6.07) is 5.10. The molecule has 2 aromatic rings. The third-order valence-electron chi connectivity index (χ3n) is 8.86. The highest BCUT2D eigenvalue weighted by molar-refractivity contribution is 5.77. The van der Waals surface area contributed by atoms with Crippen molar-refractivity contribution in [2.45, 2.75) is 75.8 Å². The summed E-state index contributed by atoms with van der Waals surface area (Å²) in [4.78, 5) is 21.2. The lowest BCUT2D eigenvalue weighted by Crippen LogP contribution is -2.38. The van der Waals surface area contributed by atoms with Crippen molar-refractivity contribution in [3.63, 3.8) is 0 Å². The molecule has 1 saturated carbocycles. The summed E-state index contributed by atoms with van der Waals surface area (Å²) in [7, 11) is 3.27. The number of likely N-dealkylation sites (N-methyl/N-ethyl adjacent to an activating group) is 1. The van der Waals surface area contributed by atoms with Crippen molar-refractivity contribution in [1.82, 2.24) is 14.8 Å². The smallest absolute Gasteiger partial charge is 0.325 e. The molecule has 41 heavy (non-hydrogen) atoms. The summed E-state index contributed by atoms with van der Waals surface area (Å²) >= 11 is 0. The minimum Gasteiger partial charge on any atom is -0.493 e. The zero-order valence-corrected chi connectivity index (χ0v) is 24.0. The Morgan fingerprint density at radius 2 is 2.05 bits per heavy atom. The number of nitrogens with zero attached hydrogens (tertiary/aromatic N) is 3. The molecule has 2 atom stereocenters. The van der Waals surface area contributed by atoms with Gasteiger partial charge < -0.3 is 20.1 Å². The van der Waals surface area contributed by atoms with E-state index in [0.29, 0.717) is 25.9 Å². The number of ether oxygens (including phenoxy) is 1. The molecule has 2 N–H and O–H groups in total. The Hall–Kier alpha value is -2.85. The first-order valence-corrected chi connectivity index (χ1v) is 14.8. The van der Waals surface area contributed by atoms with Crippen LogP contribution in [0.15, 0.2) is 24.3 Å². The van der Waals surface area contributed by atoms with Gasteiger partial charge in [-0.3, -0.25) is 9.69 Å². The summed E-state index contributed by atoms with van der Waals surface area (Å²) in [5.74, 6) is -5.45. The number of halogens is 3. The van der Waals surface area contributed by atoms with Gasteiger partial charge in [-0.2, -0.15) is 0 Å². The van der Waals surface area contributed by atoms with Crippen molar-refractivity contribution in [2.75, 3.05) is 45.7 Å². The van der Waals surface area contributed by atoms with Gasteiger partial charge in [-0.25, -0.2) is 18.2 Å². The number of carboxylic acid groups (broad SMARTS) is 1. The van der Waals surface area contributed by atoms with Gasteiger partial charge in [-0.1, -0.05) is 12.5 Å². The van der Waals surface area contributed by atoms with Crippen LogP contribution in [0.4, 0.5) is 19.0 Å². The number of anilines is 1. The fraction of sp³-hybridized carbons (Fsp3) is 0.613. The number of carbonyl (C=O) groups is 1. The molecule has 3 aliphatic rings. The van der Waals surface area contributed by atoms with Crippen LogP contribution in [0, 0.1) is 11.7 Å². The third-order valence-corrected chi connectivity index (χ3v) is 8.86. The molecule has 0 spiro atoms. The molecular formula is C31H41F3N4O3. The topological polar surface area (TPSA) is 77.9 Å². The molecular weight excluding hydrogens is 533 g/mol. The number of nitrogens with one attached hydrogen (secondary N) is 1. The van der Waals surface area contributed by atoms with E-state index in [2.05, 4.69) is 22.3 Å². The highest BCUT2D eigenvalue weighted by atomic mass is 19.3. The van der Waals surface area contributed by atoms with E-state index >= 15 is 0 Å². The SMILES string of the molecule is COc1c(F)cc(C(F)(F)C2CC2)cc1[C@@H](C(=O)O)N1CC[C@@H](N(C)CCCCCc2ccc3c(n2)NCCC3)C1. The predicted octanol–water partition coefficient (Wildman–Crippen LogP) is 5.63. The van der Waals surface area contributed by atoms with Crippen molar-refractivity contribution >= 4 is 11.8 Å². The van der Waals surface area contributed by atoms with Crippen molar-refractivity contribution in [3.05, 3.63) is 52.5 Å². The number of rotatable bonds is 13. The quantitative estimate of drug-likeness (QED) is 0.300. The number of hydrogen-bond acceptors (Lipinski definition) is 6. The van der Waals surface area contributed by atoms with Gasteiger partial charge in [0.1, 0.15) is 11.9 Å². The summed E-state index contributed by atoms with van der Waals surface area (Å²) < 4.78 is 49.9. The van der Waals surface area contributed by atoms with Gasteiger partial charge in [0.05, 0.1) is 7.11 Å². The first-order valence-electron chi connectivity index (χ1n) is 14.8. The zero-order chi connectivity index (χ0) is 29.1. The average Bonchev–Trinajstić information content (AvgIpc) is 3.71. The van der Waals surface area contributed by atoms with Crippen LogP contribution >= 0.6 is 0 Å². The van der Waals surface area contributed by atoms with Crippen LogP contribution < -0.4 is 10.1 Å². The zero-order valence-electron chi connectivity index (χ0n) is 24.0. The molecule has 7 nitrogen and oxygen atoms in total. The Morgan fingerprint density at radius 1 is 1.24 bits per heavy atom. The third kappa shape index (κ3) is 6.64. The van der Waals surface area contributed by atoms with E-state index in [1.807, 2.05) is 7.05 Å². The maximum atomic E-state index is 14.9. The summed E-state index contributed by atoms with van der Waals surface area (Å²) in [5.41, 5.74) is 1.88. The molecule has 1 aromatic carbocycles. The van der Waals surface area contributed by atoms with Crippen LogP contribution in [-0.4, -0.2) is 72.2 Å². The number of aryl methyl sites for hydroxylation is 2. The number of carboxylic acids is 1. The Kier molecular flexibility index (Phi) is 9.09. The molecule has 3 heterocycles. The van der Waals surface area contributed by atoms with Crippen LogP contribution in [0.1, 0.15) is 73.4 Å². The van der Waals surface area contributed by atoms with E-state index in [-0.39, 0.29) is 17.4 Å². The monoisotopic (exact) mass is 574 g/mol. The normalized spacial score (nSPS) is 20.1. The maximum Gasteiger partial charge on any atom is 0.325 e. The number of hydrogen-bond donors (Lipinski definition) is 2. The second kappa shape index (κ2) is 12.6. The number of benzene rings is 1. The lowest BCUT2D eigenvalue weighted by atomic mass is 9.96. The number of aliphatic carboxylic acids is 1. The first kappa shape index (κ1) is 29.6. The van der Waals surface area contributed by atoms with Crippen molar-refractivity contribution in [3.8, 4) is 5.75 Å². The highest BCUT2D eigenvalue weighted by Crippen LogP contribution is 2.51. The highest BCUT2D eigenvalue weighted by Gasteiger charge is 2.49. The molecule has 5 rings (SSSR count). The Balaban J connectivity index is 1.16. The number of likely N-dealkylation sites (tertiary alicyclic amines) is 1. The van der Waals surface area contributed by atoms with Gasteiger partial charge in [0.25, 0.3) is 5.92 Å². The van der Waals surface area contributed by atoms with Crippen LogP contribution in [0.25, 0.3) is 0 Å². The number of unbranched alkanes of at least 4 members (excludes halogenated alkanes) is 2. The number of fused-ring (bicyclic) bond motifs is 1. The molecule has 224 valence electrons. The minimum atomic E-state index is -3.20. The van der Waals surface area contributed by atoms with E-state index in [0.717, 1.165) is 81.7 Å². The average molecular weight is 575 g/mol. The number of pyridine rings is 1. The summed E-state index contributed by atoms with van der Waals surface area (Å²) in [6.45, 7) is 2.77. The molecule has 0 unspecified atom stereocenters. The standard InChI is InChI=1S/C31H41F3N4O3/c1-37(15-5-3-4-8-23-12-9-20-7-6-14-35-29(20)36-23)24-13-16-38(19-24)27(30(39)40)25-17-22(18-26(32)28(25)41-2)31(33,34)21-10-11-21/h9,12,17-18,21,24,27H,3-8,10-11,13-16,19H2,1-2H3,(H,35,36)(H,39,40)/t24-,27+/m1/s1. The second-order valence-electron chi connectivity index (χ2n) is 11.8. The number of alkyl halides is 2. The number of methoxy groups -OCH3 is 1. The lowest BCUT2D eigenvalue weighted by Gasteiger charge is -2.29. The van der Waals surface area contributed by atoms with Crippen LogP contribution in [0.3, 0.4) is 0 Å². The van der Waals surface area contributed by atoms with Gasteiger partial charge >= 0.3 is 5.97 Å².